The SMILES string of the molecule is CS(=O)(=O)NCC1CN(c2cc(-c3cnc4ccc(C(F)F)nn34)ncn2)c2ccccc21. The van der Waals surface area contributed by atoms with E-state index in [4.69, 9.17) is 0 Å². The zero-order valence-corrected chi connectivity index (χ0v) is 18.2. The highest BCUT2D eigenvalue weighted by atomic mass is 32.2. The predicted octanol–water partition coefficient (Wildman–Crippen LogP) is 2.91. The Hall–Kier alpha value is -3.51. The third-order valence-electron chi connectivity index (χ3n) is 5.46. The van der Waals surface area contributed by atoms with Crippen LogP contribution in [-0.4, -0.2) is 52.3 Å². The lowest BCUT2D eigenvalue weighted by Crippen LogP contribution is -2.29. The van der Waals surface area contributed by atoms with Crippen molar-refractivity contribution in [1.82, 2.24) is 29.3 Å². The second kappa shape index (κ2) is 8.12. The summed E-state index contributed by atoms with van der Waals surface area (Å²) in [5.41, 5.74) is 2.92. The van der Waals surface area contributed by atoms with E-state index in [1.54, 1.807) is 6.07 Å². The van der Waals surface area contributed by atoms with Crippen LogP contribution < -0.4 is 9.62 Å². The molecule has 1 unspecified atom stereocenters. The van der Waals surface area contributed by atoms with Crippen LogP contribution in [0.5, 0.6) is 0 Å². The molecular weight excluding hydrogens is 452 g/mol. The number of sulfonamides is 1. The van der Waals surface area contributed by atoms with Crippen molar-refractivity contribution in [1.29, 1.82) is 0 Å². The fraction of sp³-hybridized carbons (Fsp3) is 0.238. The van der Waals surface area contributed by atoms with Gasteiger partial charge in [0.1, 0.15) is 23.5 Å². The van der Waals surface area contributed by atoms with E-state index in [-0.39, 0.29) is 18.2 Å². The summed E-state index contributed by atoms with van der Waals surface area (Å²) >= 11 is 0. The highest BCUT2D eigenvalue weighted by molar-refractivity contribution is 7.88. The number of benzene rings is 1. The van der Waals surface area contributed by atoms with E-state index < -0.39 is 16.4 Å². The van der Waals surface area contributed by atoms with Gasteiger partial charge in [0.15, 0.2) is 5.65 Å². The normalized spacial score (nSPS) is 16.0. The fourth-order valence-electron chi connectivity index (χ4n) is 3.95. The van der Waals surface area contributed by atoms with Crippen LogP contribution in [0, 0.1) is 0 Å². The van der Waals surface area contributed by atoms with Gasteiger partial charge in [-0.25, -0.2) is 41.4 Å². The molecule has 170 valence electrons. The molecule has 1 aliphatic rings. The van der Waals surface area contributed by atoms with Crippen molar-refractivity contribution in [2.24, 2.45) is 0 Å². The number of anilines is 2. The van der Waals surface area contributed by atoms with Gasteiger partial charge in [-0.2, -0.15) is 5.10 Å². The number of hydrogen-bond acceptors (Lipinski definition) is 7. The van der Waals surface area contributed by atoms with E-state index in [2.05, 4.69) is 24.8 Å². The van der Waals surface area contributed by atoms with Crippen LogP contribution >= 0.6 is 0 Å². The summed E-state index contributed by atoms with van der Waals surface area (Å²) in [5, 5.41) is 4.00. The van der Waals surface area contributed by atoms with Gasteiger partial charge in [0, 0.05) is 30.8 Å². The first-order valence-electron chi connectivity index (χ1n) is 10.1. The van der Waals surface area contributed by atoms with Crippen molar-refractivity contribution >= 4 is 27.2 Å². The number of halogens is 2. The second-order valence-electron chi connectivity index (χ2n) is 7.72. The molecule has 1 N–H and O–H groups in total. The highest BCUT2D eigenvalue weighted by Gasteiger charge is 2.30. The molecule has 0 bridgehead atoms. The molecule has 12 heteroatoms. The molecule has 5 rings (SSSR count). The molecule has 3 aromatic heterocycles. The zero-order chi connectivity index (χ0) is 23.2. The smallest absolute Gasteiger partial charge is 0.282 e. The second-order valence-corrected chi connectivity index (χ2v) is 9.55. The van der Waals surface area contributed by atoms with Gasteiger partial charge >= 0.3 is 0 Å². The predicted molar refractivity (Wildman–Crippen MR) is 118 cm³/mol. The van der Waals surface area contributed by atoms with E-state index in [1.807, 2.05) is 29.2 Å². The standard InChI is InChI=1S/C21H19F2N7O2S/c1-33(31,32)27-9-13-11-29(17-5-3-2-4-14(13)17)20-8-16(25-12-26-20)18-10-24-19-7-6-15(21(22)23)28-30(18)19/h2-8,10,12-13,21,27H,9,11H2,1H3. The van der Waals surface area contributed by atoms with Crippen LogP contribution in [0.3, 0.4) is 0 Å². The van der Waals surface area contributed by atoms with Crippen LogP contribution in [0.15, 0.2) is 55.0 Å². The minimum absolute atomic E-state index is 0.0691. The Morgan fingerprint density at radius 1 is 1.15 bits per heavy atom. The maximum Gasteiger partial charge on any atom is 0.282 e. The minimum atomic E-state index is -3.33. The van der Waals surface area contributed by atoms with Gasteiger partial charge < -0.3 is 4.90 Å². The Morgan fingerprint density at radius 3 is 2.76 bits per heavy atom. The summed E-state index contributed by atoms with van der Waals surface area (Å²) in [6.07, 6.45) is 1.35. The molecule has 0 amide bonds. The largest absolute Gasteiger partial charge is 0.325 e. The van der Waals surface area contributed by atoms with Gasteiger partial charge in [-0.1, -0.05) is 18.2 Å². The number of aromatic nitrogens is 5. The number of rotatable bonds is 6. The molecular formula is C21H19F2N7O2S. The topological polar surface area (TPSA) is 105 Å². The highest BCUT2D eigenvalue weighted by Crippen LogP contribution is 2.40. The van der Waals surface area contributed by atoms with Gasteiger partial charge in [0.05, 0.1) is 18.1 Å². The summed E-state index contributed by atoms with van der Waals surface area (Å²) in [6, 6.07) is 12.2. The van der Waals surface area contributed by atoms with E-state index in [0.717, 1.165) is 17.5 Å². The molecule has 1 aromatic carbocycles. The first-order chi connectivity index (χ1) is 15.8. The van der Waals surface area contributed by atoms with Crippen LogP contribution in [0.1, 0.15) is 23.6 Å². The molecule has 0 saturated carbocycles. The van der Waals surface area contributed by atoms with Crippen molar-refractivity contribution in [3.63, 3.8) is 0 Å². The van der Waals surface area contributed by atoms with Crippen LogP contribution in [-0.2, 0) is 10.0 Å². The average molecular weight is 471 g/mol. The fourth-order valence-corrected chi connectivity index (χ4v) is 4.46. The number of alkyl halides is 2. The Morgan fingerprint density at radius 2 is 1.97 bits per heavy atom. The Bertz CT molecular complexity index is 1440. The third kappa shape index (κ3) is 4.14. The Kier molecular flexibility index (Phi) is 5.25. The van der Waals surface area contributed by atoms with Crippen molar-refractivity contribution in [3.05, 3.63) is 66.2 Å². The lowest BCUT2D eigenvalue weighted by molar-refractivity contribution is 0.144. The summed E-state index contributed by atoms with van der Waals surface area (Å²) in [5.74, 6) is 0.523. The van der Waals surface area contributed by atoms with Crippen LogP contribution in [0.4, 0.5) is 20.3 Å². The third-order valence-corrected chi connectivity index (χ3v) is 6.15. The number of hydrogen-bond donors (Lipinski definition) is 1. The number of nitrogens with zero attached hydrogens (tertiary/aromatic N) is 6. The van der Waals surface area contributed by atoms with Gasteiger partial charge in [0.2, 0.25) is 10.0 Å². The number of para-hydroxylation sites is 1. The van der Waals surface area contributed by atoms with E-state index >= 15 is 0 Å². The molecule has 0 radical (unpaired) electrons. The van der Waals surface area contributed by atoms with Crippen LogP contribution in [0.2, 0.25) is 0 Å². The Labute approximate surface area is 188 Å². The molecule has 0 spiro atoms. The molecule has 33 heavy (non-hydrogen) atoms. The molecule has 1 aliphatic heterocycles. The molecule has 4 aromatic rings. The van der Waals surface area contributed by atoms with Gasteiger partial charge in [-0.15, -0.1) is 0 Å². The number of nitrogens with one attached hydrogen (secondary N) is 1. The number of imidazole rings is 1. The maximum atomic E-state index is 13.1. The van der Waals surface area contributed by atoms with Crippen molar-refractivity contribution in [2.45, 2.75) is 12.3 Å². The summed E-state index contributed by atoms with van der Waals surface area (Å²) in [7, 11) is -3.33. The molecule has 1 atom stereocenters. The lowest BCUT2D eigenvalue weighted by atomic mass is 10.0. The average Bonchev–Trinajstić information content (AvgIpc) is 3.38. The minimum Gasteiger partial charge on any atom is -0.325 e. The van der Waals surface area contributed by atoms with Crippen molar-refractivity contribution in [3.8, 4) is 11.4 Å². The first-order valence-corrected chi connectivity index (χ1v) is 12.0. The summed E-state index contributed by atoms with van der Waals surface area (Å²) in [4.78, 5) is 14.9. The molecule has 0 fully saturated rings. The molecule has 4 heterocycles. The summed E-state index contributed by atoms with van der Waals surface area (Å²) < 4.78 is 53.4. The van der Waals surface area contributed by atoms with E-state index in [9.17, 15) is 17.2 Å². The van der Waals surface area contributed by atoms with Crippen molar-refractivity contribution in [2.75, 3.05) is 24.2 Å². The monoisotopic (exact) mass is 471 g/mol. The lowest BCUT2D eigenvalue weighted by Gasteiger charge is -2.19. The maximum absolute atomic E-state index is 13.1. The van der Waals surface area contributed by atoms with Crippen LogP contribution in [0.25, 0.3) is 17.0 Å². The van der Waals surface area contributed by atoms with Crippen molar-refractivity contribution < 1.29 is 17.2 Å². The molecule has 9 nitrogen and oxygen atoms in total. The van der Waals surface area contributed by atoms with Gasteiger partial charge in [-0.3, -0.25) is 0 Å². The van der Waals surface area contributed by atoms with Gasteiger partial charge in [0.25, 0.3) is 6.43 Å². The van der Waals surface area contributed by atoms with Gasteiger partial charge in [-0.05, 0) is 23.8 Å². The Balaban J connectivity index is 1.51. The van der Waals surface area contributed by atoms with E-state index in [0.29, 0.717) is 29.4 Å². The quantitative estimate of drug-likeness (QED) is 0.461. The summed E-state index contributed by atoms with van der Waals surface area (Å²) in [6.45, 7) is 0.775. The number of fused-ring (bicyclic) bond motifs is 2. The van der Waals surface area contributed by atoms with E-state index in [1.165, 1.54) is 29.2 Å². The zero-order valence-electron chi connectivity index (χ0n) is 17.4. The molecule has 0 aliphatic carbocycles. The first kappa shape index (κ1) is 21.3. The molecule has 0 saturated heterocycles.